The molecule has 0 bridgehead atoms. The van der Waals surface area contributed by atoms with Crippen LogP contribution in [-0.4, -0.2) is 50.7 Å². The van der Waals surface area contributed by atoms with Crippen LogP contribution in [0.2, 0.25) is 0 Å². The maximum Gasteiger partial charge on any atom is 0.0110 e. The third-order valence-electron chi connectivity index (χ3n) is 5.27. The molecule has 2 rings (SSSR count). The van der Waals surface area contributed by atoms with E-state index in [1.807, 2.05) is 0 Å². The number of piperidine rings is 1. The highest BCUT2D eigenvalue weighted by molar-refractivity contribution is 4.91. The Morgan fingerprint density at radius 3 is 2.43 bits per heavy atom. The lowest BCUT2D eigenvalue weighted by molar-refractivity contribution is 0.158. The van der Waals surface area contributed by atoms with Gasteiger partial charge >= 0.3 is 0 Å². The molecule has 0 aromatic heterocycles. The van der Waals surface area contributed by atoms with Gasteiger partial charge in [-0.3, -0.25) is 0 Å². The zero-order valence-electron chi connectivity index (χ0n) is 14.8. The minimum atomic E-state index is 0.353. The van der Waals surface area contributed by atoms with Gasteiger partial charge in [-0.15, -0.1) is 0 Å². The van der Waals surface area contributed by atoms with E-state index in [4.69, 9.17) is 0 Å². The Morgan fingerprint density at radius 2 is 1.76 bits per heavy atom. The fourth-order valence-corrected chi connectivity index (χ4v) is 4.46. The van der Waals surface area contributed by atoms with Crippen molar-refractivity contribution in [1.29, 1.82) is 0 Å². The summed E-state index contributed by atoms with van der Waals surface area (Å²) in [5.74, 6) is 0.856. The van der Waals surface area contributed by atoms with Gasteiger partial charge < -0.3 is 15.5 Å². The van der Waals surface area contributed by atoms with E-state index in [9.17, 15) is 0 Å². The molecule has 21 heavy (non-hydrogen) atoms. The van der Waals surface area contributed by atoms with E-state index in [1.54, 1.807) is 0 Å². The second-order valence-corrected chi connectivity index (χ2v) is 8.39. The Morgan fingerprint density at radius 1 is 1.05 bits per heavy atom. The van der Waals surface area contributed by atoms with Crippen molar-refractivity contribution in [3.63, 3.8) is 0 Å². The largest absolute Gasteiger partial charge is 0.314 e. The second kappa shape index (κ2) is 7.94. The lowest BCUT2D eigenvalue weighted by atomic mass is 9.77. The van der Waals surface area contributed by atoms with Gasteiger partial charge in [0.25, 0.3) is 0 Å². The highest BCUT2D eigenvalue weighted by atomic mass is 15.1. The highest BCUT2D eigenvalue weighted by Crippen LogP contribution is 2.31. The second-order valence-electron chi connectivity index (χ2n) is 8.39. The monoisotopic (exact) mass is 295 g/mol. The van der Waals surface area contributed by atoms with Gasteiger partial charge in [-0.05, 0) is 57.7 Å². The van der Waals surface area contributed by atoms with Crippen molar-refractivity contribution in [3.8, 4) is 0 Å². The number of hydrogen-bond acceptors (Lipinski definition) is 3. The predicted octanol–water partition coefficient (Wildman–Crippen LogP) is 2.86. The summed E-state index contributed by atoms with van der Waals surface area (Å²) in [4.78, 5) is 2.31. The number of nitrogens with one attached hydrogen (secondary N) is 2. The van der Waals surface area contributed by atoms with Crippen molar-refractivity contribution in [2.45, 2.75) is 70.9 Å². The molecule has 0 aromatic carbocycles. The number of nitrogens with zero attached hydrogens (tertiary/aromatic N) is 1. The van der Waals surface area contributed by atoms with E-state index in [2.05, 4.69) is 43.5 Å². The van der Waals surface area contributed by atoms with Gasteiger partial charge in [0.2, 0.25) is 0 Å². The van der Waals surface area contributed by atoms with Gasteiger partial charge in [0.05, 0.1) is 0 Å². The summed E-state index contributed by atoms with van der Waals surface area (Å²) < 4.78 is 0. The quantitative estimate of drug-likeness (QED) is 0.789. The SMILES string of the molecule is CN(C)CC(C)(C)CNC1CCCCC1C1CCCCN1. The third-order valence-corrected chi connectivity index (χ3v) is 5.27. The Balaban J connectivity index is 1.86. The van der Waals surface area contributed by atoms with Crippen molar-refractivity contribution in [2.24, 2.45) is 11.3 Å². The normalized spacial score (nSPS) is 31.6. The van der Waals surface area contributed by atoms with Crippen LogP contribution >= 0.6 is 0 Å². The summed E-state index contributed by atoms with van der Waals surface area (Å²) in [7, 11) is 4.36. The summed E-state index contributed by atoms with van der Waals surface area (Å²) >= 11 is 0. The molecule has 1 saturated heterocycles. The first-order valence-electron chi connectivity index (χ1n) is 9.09. The van der Waals surface area contributed by atoms with Crippen LogP contribution in [0, 0.1) is 11.3 Å². The van der Waals surface area contributed by atoms with E-state index in [0.717, 1.165) is 31.1 Å². The fourth-order valence-electron chi connectivity index (χ4n) is 4.46. The van der Waals surface area contributed by atoms with E-state index in [0.29, 0.717) is 5.41 Å². The van der Waals surface area contributed by atoms with Crippen LogP contribution in [0.15, 0.2) is 0 Å². The topological polar surface area (TPSA) is 27.3 Å². The predicted molar refractivity (Wildman–Crippen MR) is 91.7 cm³/mol. The minimum Gasteiger partial charge on any atom is -0.314 e. The zero-order valence-corrected chi connectivity index (χ0v) is 14.8. The van der Waals surface area contributed by atoms with Crippen LogP contribution in [0.1, 0.15) is 58.8 Å². The molecule has 1 aliphatic carbocycles. The molecular weight excluding hydrogens is 258 g/mol. The molecule has 0 amide bonds. The van der Waals surface area contributed by atoms with Crippen LogP contribution in [0.3, 0.4) is 0 Å². The first-order chi connectivity index (χ1) is 9.98. The van der Waals surface area contributed by atoms with Crippen LogP contribution in [-0.2, 0) is 0 Å². The molecule has 1 aliphatic heterocycles. The van der Waals surface area contributed by atoms with Gasteiger partial charge in [0.15, 0.2) is 0 Å². The van der Waals surface area contributed by atoms with Crippen LogP contribution in [0.4, 0.5) is 0 Å². The Hall–Kier alpha value is -0.120. The van der Waals surface area contributed by atoms with Crippen LogP contribution < -0.4 is 10.6 Å². The third kappa shape index (κ3) is 5.54. The molecule has 2 aliphatic rings. The molecule has 1 heterocycles. The molecule has 3 unspecified atom stereocenters. The van der Waals surface area contributed by atoms with Crippen LogP contribution in [0.25, 0.3) is 0 Å². The van der Waals surface area contributed by atoms with Crippen LogP contribution in [0.5, 0.6) is 0 Å². The lowest BCUT2D eigenvalue weighted by Gasteiger charge is -2.41. The highest BCUT2D eigenvalue weighted by Gasteiger charge is 2.33. The van der Waals surface area contributed by atoms with Gasteiger partial charge in [0.1, 0.15) is 0 Å². The summed E-state index contributed by atoms with van der Waals surface area (Å²) in [5.41, 5.74) is 0.353. The smallest absolute Gasteiger partial charge is 0.0110 e. The molecule has 3 nitrogen and oxygen atoms in total. The van der Waals surface area contributed by atoms with Gasteiger partial charge in [-0.2, -0.15) is 0 Å². The molecule has 0 aromatic rings. The number of hydrogen-bond donors (Lipinski definition) is 2. The molecule has 1 saturated carbocycles. The molecule has 3 atom stereocenters. The molecule has 0 spiro atoms. The standard InChI is InChI=1S/C18H37N3/c1-18(2,14-21(3)4)13-20-17-10-6-5-9-15(17)16-11-7-8-12-19-16/h15-17,19-20H,5-14H2,1-4H3. The first-order valence-corrected chi connectivity index (χ1v) is 9.09. The van der Waals surface area contributed by atoms with Gasteiger partial charge in [0, 0.05) is 25.2 Å². The first kappa shape index (κ1) is 17.2. The van der Waals surface area contributed by atoms with Crippen molar-refractivity contribution < 1.29 is 0 Å². The van der Waals surface area contributed by atoms with E-state index in [1.165, 1.54) is 51.5 Å². The van der Waals surface area contributed by atoms with Gasteiger partial charge in [-0.1, -0.05) is 33.1 Å². The Labute approximate surface area is 132 Å². The maximum absolute atomic E-state index is 3.95. The summed E-state index contributed by atoms with van der Waals surface area (Å²) in [6.07, 6.45) is 9.83. The fraction of sp³-hybridized carbons (Fsp3) is 1.00. The molecular formula is C18H37N3. The summed E-state index contributed by atoms with van der Waals surface area (Å²) in [6, 6.07) is 1.50. The maximum atomic E-state index is 3.95. The summed E-state index contributed by atoms with van der Waals surface area (Å²) in [6.45, 7) is 8.30. The molecule has 2 N–H and O–H groups in total. The molecule has 0 radical (unpaired) electrons. The molecule has 2 fully saturated rings. The molecule has 124 valence electrons. The van der Waals surface area contributed by atoms with E-state index >= 15 is 0 Å². The molecule has 3 heteroatoms. The van der Waals surface area contributed by atoms with Crippen molar-refractivity contribution in [2.75, 3.05) is 33.7 Å². The number of rotatable bonds is 6. The minimum absolute atomic E-state index is 0.353. The Bertz CT molecular complexity index is 295. The summed E-state index contributed by atoms with van der Waals surface area (Å²) in [5, 5.41) is 7.75. The van der Waals surface area contributed by atoms with Crippen molar-refractivity contribution in [1.82, 2.24) is 15.5 Å². The van der Waals surface area contributed by atoms with E-state index < -0.39 is 0 Å². The van der Waals surface area contributed by atoms with E-state index in [-0.39, 0.29) is 0 Å². The van der Waals surface area contributed by atoms with Crippen molar-refractivity contribution >= 4 is 0 Å². The zero-order chi connectivity index (χ0) is 15.3. The van der Waals surface area contributed by atoms with Gasteiger partial charge in [-0.25, -0.2) is 0 Å². The lowest BCUT2D eigenvalue weighted by Crippen LogP contribution is -2.52. The average Bonchev–Trinajstić information content (AvgIpc) is 2.45. The Kier molecular flexibility index (Phi) is 6.51. The van der Waals surface area contributed by atoms with Crippen molar-refractivity contribution in [3.05, 3.63) is 0 Å². The average molecular weight is 296 g/mol.